The zero-order chi connectivity index (χ0) is 17.3. The molecule has 1 atom stereocenters. The minimum Gasteiger partial charge on any atom is -0.368 e. The molecule has 2 aromatic rings. The van der Waals surface area contributed by atoms with Gasteiger partial charge in [-0.05, 0) is 31.9 Å². The van der Waals surface area contributed by atoms with Gasteiger partial charge in [0, 0.05) is 37.4 Å². The molecule has 0 N–H and O–H groups in total. The second-order valence-corrected chi connectivity index (χ2v) is 6.90. The SMILES string of the molecule is Cc1ccc(N2CCN(C(=O)c3cc(C(C)C)no3)C(C)C2)cc1. The molecule has 2 heterocycles. The molecule has 0 radical (unpaired) electrons. The summed E-state index contributed by atoms with van der Waals surface area (Å²) in [5.41, 5.74) is 3.29. The van der Waals surface area contributed by atoms with Crippen molar-refractivity contribution < 1.29 is 9.32 Å². The highest BCUT2D eigenvalue weighted by Gasteiger charge is 2.30. The van der Waals surface area contributed by atoms with E-state index in [4.69, 9.17) is 4.52 Å². The van der Waals surface area contributed by atoms with Crippen LogP contribution in [0.2, 0.25) is 0 Å². The molecule has 0 spiro atoms. The monoisotopic (exact) mass is 327 g/mol. The van der Waals surface area contributed by atoms with Crippen molar-refractivity contribution in [1.82, 2.24) is 10.1 Å². The van der Waals surface area contributed by atoms with Gasteiger partial charge in [-0.3, -0.25) is 4.79 Å². The number of rotatable bonds is 3. The number of aryl methyl sites for hydroxylation is 1. The fourth-order valence-corrected chi connectivity index (χ4v) is 3.05. The van der Waals surface area contributed by atoms with Crippen LogP contribution < -0.4 is 4.90 Å². The highest BCUT2D eigenvalue weighted by atomic mass is 16.5. The van der Waals surface area contributed by atoms with E-state index in [9.17, 15) is 4.79 Å². The van der Waals surface area contributed by atoms with Crippen LogP contribution in [0.15, 0.2) is 34.9 Å². The van der Waals surface area contributed by atoms with E-state index in [0.29, 0.717) is 12.3 Å². The number of hydrogen-bond acceptors (Lipinski definition) is 4. The summed E-state index contributed by atoms with van der Waals surface area (Å²) in [5.74, 6) is 0.533. The summed E-state index contributed by atoms with van der Waals surface area (Å²) in [4.78, 5) is 16.9. The van der Waals surface area contributed by atoms with Crippen molar-refractivity contribution in [3.8, 4) is 0 Å². The standard InChI is InChI=1S/C19H25N3O2/c1-13(2)17-11-18(24-20-17)19(23)22-10-9-21(12-15(22)4)16-7-5-14(3)6-8-16/h5-8,11,13,15H,9-10,12H2,1-4H3. The van der Waals surface area contributed by atoms with Gasteiger partial charge in [-0.25, -0.2) is 0 Å². The Morgan fingerprint density at radius 1 is 1.25 bits per heavy atom. The van der Waals surface area contributed by atoms with Crippen molar-refractivity contribution in [1.29, 1.82) is 0 Å². The number of hydrogen-bond donors (Lipinski definition) is 0. The second-order valence-electron chi connectivity index (χ2n) is 6.90. The third kappa shape index (κ3) is 3.30. The molecule has 1 amide bonds. The lowest BCUT2D eigenvalue weighted by molar-refractivity contribution is 0.0631. The fraction of sp³-hybridized carbons (Fsp3) is 0.474. The summed E-state index contributed by atoms with van der Waals surface area (Å²) in [7, 11) is 0. The zero-order valence-electron chi connectivity index (χ0n) is 14.8. The Bertz CT molecular complexity index is 706. The Kier molecular flexibility index (Phi) is 4.60. The Hall–Kier alpha value is -2.30. The van der Waals surface area contributed by atoms with Gasteiger partial charge >= 0.3 is 0 Å². The molecule has 0 saturated carbocycles. The van der Waals surface area contributed by atoms with Crippen molar-refractivity contribution in [2.75, 3.05) is 24.5 Å². The van der Waals surface area contributed by atoms with E-state index in [1.165, 1.54) is 11.3 Å². The first-order chi connectivity index (χ1) is 11.5. The topological polar surface area (TPSA) is 49.6 Å². The van der Waals surface area contributed by atoms with Crippen molar-refractivity contribution in [2.24, 2.45) is 0 Å². The number of amides is 1. The summed E-state index contributed by atoms with van der Waals surface area (Å²) in [6.07, 6.45) is 0. The average Bonchev–Trinajstić information content (AvgIpc) is 3.05. The largest absolute Gasteiger partial charge is 0.368 e. The van der Waals surface area contributed by atoms with Gasteiger partial charge in [-0.2, -0.15) is 0 Å². The summed E-state index contributed by atoms with van der Waals surface area (Å²) >= 11 is 0. The van der Waals surface area contributed by atoms with E-state index in [2.05, 4.69) is 48.2 Å². The summed E-state index contributed by atoms with van der Waals surface area (Å²) < 4.78 is 5.26. The van der Waals surface area contributed by atoms with Gasteiger partial charge in [-0.15, -0.1) is 0 Å². The number of nitrogens with zero attached hydrogens (tertiary/aromatic N) is 3. The maximum absolute atomic E-state index is 12.7. The molecule has 1 fully saturated rings. The minimum atomic E-state index is -0.0644. The molecule has 1 saturated heterocycles. The van der Waals surface area contributed by atoms with Crippen molar-refractivity contribution >= 4 is 11.6 Å². The molecule has 0 bridgehead atoms. The molecule has 1 aliphatic rings. The molecule has 1 aromatic heterocycles. The number of carbonyl (C=O) groups is 1. The summed E-state index contributed by atoms with van der Waals surface area (Å²) in [6, 6.07) is 10.4. The van der Waals surface area contributed by atoms with Crippen LogP contribution in [0.25, 0.3) is 0 Å². The van der Waals surface area contributed by atoms with E-state index >= 15 is 0 Å². The van der Waals surface area contributed by atoms with Crippen molar-refractivity contribution in [3.05, 3.63) is 47.3 Å². The van der Waals surface area contributed by atoms with Gasteiger partial charge in [0.15, 0.2) is 0 Å². The lowest BCUT2D eigenvalue weighted by Crippen LogP contribution is -2.54. The Morgan fingerprint density at radius 2 is 1.96 bits per heavy atom. The quantitative estimate of drug-likeness (QED) is 0.866. The fourth-order valence-electron chi connectivity index (χ4n) is 3.05. The van der Waals surface area contributed by atoms with Crippen LogP contribution in [-0.4, -0.2) is 41.6 Å². The summed E-state index contributed by atoms with van der Waals surface area (Å²) in [6.45, 7) is 10.6. The van der Waals surface area contributed by atoms with E-state index in [1.54, 1.807) is 6.07 Å². The van der Waals surface area contributed by atoms with Crippen LogP contribution in [0, 0.1) is 6.92 Å². The molecule has 128 valence electrons. The third-order valence-corrected chi connectivity index (χ3v) is 4.62. The van der Waals surface area contributed by atoms with E-state index < -0.39 is 0 Å². The molecule has 24 heavy (non-hydrogen) atoms. The highest BCUT2D eigenvalue weighted by molar-refractivity contribution is 5.92. The van der Waals surface area contributed by atoms with E-state index in [0.717, 1.165) is 18.8 Å². The van der Waals surface area contributed by atoms with Crippen molar-refractivity contribution in [3.63, 3.8) is 0 Å². The molecule has 3 rings (SSSR count). The Morgan fingerprint density at radius 3 is 2.54 bits per heavy atom. The first kappa shape index (κ1) is 16.6. The van der Waals surface area contributed by atoms with Crippen LogP contribution in [0.1, 0.15) is 48.5 Å². The predicted octanol–water partition coefficient (Wildman–Crippen LogP) is 3.46. The number of anilines is 1. The number of carbonyl (C=O) groups excluding carboxylic acids is 1. The molecule has 1 aliphatic heterocycles. The van der Waals surface area contributed by atoms with Crippen LogP contribution in [0.4, 0.5) is 5.69 Å². The molecular formula is C19H25N3O2. The molecule has 1 aromatic carbocycles. The van der Waals surface area contributed by atoms with Crippen LogP contribution in [0.3, 0.4) is 0 Å². The van der Waals surface area contributed by atoms with Crippen molar-refractivity contribution in [2.45, 2.75) is 39.7 Å². The molecule has 5 nitrogen and oxygen atoms in total. The van der Waals surface area contributed by atoms with Crippen LogP contribution in [-0.2, 0) is 0 Å². The van der Waals surface area contributed by atoms with Gasteiger partial charge in [0.2, 0.25) is 5.76 Å². The average molecular weight is 327 g/mol. The van der Waals surface area contributed by atoms with Gasteiger partial charge in [-0.1, -0.05) is 36.7 Å². The number of benzene rings is 1. The lowest BCUT2D eigenvalue weighted by Gasteiger charge is -2.40. The lowest BCUT2D eigenvalue weighted by atomic mass is 10.1. The van der Waals surface area contributed by atoms with Crippen LogP contribution >= 0.6 is 0 Å². The highest BCUT2D eigenvalue weighted by Crippen LogP contribution is 2.22. The number of piperazine rings is 1. The smallest absolute Gasteiger partial charge is 0.292 e. The first-order valence-electron chi connectivity index (χ1n) is 8.55. The third-order valence-electron chi connectivity index (χ3n) is 4.62. The maximum atomic E-state index is 12.7. The van der Waals surface area contributed by atoms with E-state index in [1.807, 2.05) is 18.7 Å². The van der Waals surface area contributed by atoms with Gasteiger partial charge in [0.25, 0.3) is 5.91 Å². The predicted molar refractivity (Wildman–Crippen MR) is 94.5 cm³/mol. The van der Waals surface area contributed by atoms with E-state index in [-0.39, 0.29) is 17.9 Å². The first-order valence-corrected chi connectivity index (χ1v) is 8.55. The Labute approximate surface area is 143 Å². The van der Waals surface area contributed by atoms with Gasteiger partial charge < -0.3 is 14.3 Å². The van der Waals surface area contributed by atoms with Gasteiger partial charge in [0.1, 0.15) is 0 Å². The molecular weight excluding hydrogens is 302 g/mol. The summed E-state index contributed by atoms with van der Waals surface area (Å²) in [5, 5.41) is 3.99. The molecule has 5 heteroatoms. The molecule has 1 unspecified atom stereocenters. The number of aromatic nitrogens is 1. The second kappa shape index (κ2) is 6.67. The van der Waals surface area contributed by atoms with Crippen LogP contribution in [0.5, 0.6) is 0 Å². The zero-order valence-corrected chi connectivity index (χ0v) is 14.8. The Balaban J connectivity index is 1.68. The maximum Gasteiger partial charge on any atom is 0.292 e. The van der Waals surface area contributed by atoms with Gasteiger partial charge in [0.05, 0.1) is 5.69 Å². The minimum absolute atomic E-state index is 0.0644. The molecule has 0 aliphatic carbocycles. The normalized spacial score (nSPS) is 18.3.